The minimum absolute atomic E-state index is 0. The molecule has 7 rings (SSSR count). The zero-order valence-corrected chi connectivity index (χ0v) is 44.2. The number of Topliss-reactive ketones (excluding diaryl/α,β-unsaturated/α-hetero) is 1. The van der Waals surface area contributed by atoms with Crippen LogP contribution < -0.4 is 20.5 Å². The Bertz CT molecular complexity index is 2700. The van der Waals surface area contributed by atoms with Crippen molar-refractivity contribution in [3.63, 3.8) is 0 Å². The number of imidazole rings is 2. The quantitative estimate of drug-likeness (QED) is 0.0566. The highest BCUT2D eigenvalue weighted by molar-refractivity contribution is 9.09. The van der Waals surface area contributed by atoms with Crippen molar-refractivity contribution in [3.05, 3.63) is 113 Å². The number of nitrogens with one attached hydrogen (secondary N) is 1. The van der Waals surface area contributed by atoms with Crippen molar-refractivity contribution < 1.29 is 19.4 Å². The minimum Gasteiger partial charge on any atom is -0.495 e. The number of nitrogens with two attached hydrogens (primary N) is 1. The Kier molecular flexibility index (Phi) is 21.3. The van der Waals surface area contributed by atoms with Gasteiger partial charge in [-0.15, -0.1) is 11.3 Å². The number of ether oxygens (including phenoxy) is 2. The highest BCUT2D eigenvalue weighted by Gasteiger charge is 2.21. The zero-order valence-electron chi connectivity index (χ0n) is 41.0. The zero-order chi connectivity index (χ0) is 49.6. The normalized spacial score (nSPS) is 10.9. The molecular weight excluding hydrogens is 963 g/mol. The number of benzene rings is 2. The van der Waals surface area contributed by atoms with E-state index in [1.54, 1.807) is 57.3 Å². The van der Waals surface area contributed by atoms with Gasteiger partial charge in [0.15, 0.2) is 10.9 Å². The third-order valence-corrected chi connectivity index (χ3v) is 11.4. The van der Waals surface area contributed by atoms with Gasteiger partial charge in [0.25, 0.3) is 0 Å². The summed E-state index contributed by atoms with van der Waals surface area (Å²) < 4.78 is 18.8. The van der Waals surface area contributed by atoms with Crippen LogP contribution in [0.15, 0.2) is 79.0 Å². The molecule has 0 radical (unpaired) electrons. The Hall–Kier alpha value is -5.69. The number of rotatable bonds is 13. The number of anilines is 2. The van der Waals surface area contributed by atoms with Crippen molar-refractivity contribution in [2.75, 3.05) is 31.5 Å². The van der Waals surface area contributed by atoms with Gasteiger partial charge in [0.05, 0.1) is 77.0 Å². The van der Waals surface area contributed by atoms with E-state index in [1.165, 1.54) is 0 Å². The maximum atomic E-state index is 11.6. The molecule has 0 unspecified atom stereocenters. The number of methoxy groups -OCH3 is 2. The monoisotopic (exact) mass is 1030 g/mol. The second-order valence-electron chi connectivity index (χ2n) is 17.4. The lowest BCUT2D eigenvalue weighted by Crippen LogP contribution is -2.15. The molecule has 15 nitrogen and oxygen atoms in total. The molecule has 5 heterocycles. The van der Waals surface area contributed by atoms with Crippen LogP contribution in [0.1, 0.15) is 109 Å². The van der Waals surface area contributed by atoms with Crippen molar-refractivity contribution in [1.29, 1.82) is 0 Å². The summed E-state index contributed by atoms with van der Waals surface area (Å²) in [4.78, 5) is 25.4. The summed E-state index contributed by atoms with van der Waals surface area (Å²) in [5, 5.41) is 23.5. The predicted octanol–water partition coefficient (Wildman–Crippen LogP) is 11.0. The fourth-order valence-corrected chi connectivity index (χ4v) is 7.61. The first-order valence-corrected chi connectivity index (χ1v) is 24.4. The molecule has 0 bridgehead atoms. The van der Waals surface area contributed by atoms with E-state index in [2.05, 4.69) is 115 Å². The van der Waals surface area contributed by atoms with Crippen LogP contribution in [0.25, 0.3) is 22.6 Å². The molecule has 2 aromatic carbocycles. The van der Waals surface area contributed by atoms with Gasteiger partial charge in [0.2, 0.25) is 0 Å². The lowest BCUT2D eigenvalue weighted by molar-refractivity contribution is 0.102. The number of hydrogen-bond acceptors (Lipinski definition) is 12. The van der Waals surface area contributed by atoms with E-state index in [1.807, 2.05) is 62.9 Å². The van der Waals surface area contributed by atoms with Crippen LogP contribution in [0.5, 0.6) is 11.5 Å². The van der Waals surface area contributed by atoms with E-state index < -0.39 is 0 Å². The minimum atomic E-state index is -0.00301. The smallest absolute Gasteiger partial charge is 0.188 e. The molecular formula is C50H70BrN11O4S2. The molecule has 5 aromatic heterocycles. The molecule has 0 amide bonds. The van der Waals surface area contributed by atoms with Crippen LogP contribution in [-0.4, -0.2) is 85.7 Å². The SMILES string of the molecule is C.CCO.CCn1nc(C(C)(C)C)cc1CC(N)=S.CCn1nc(C(C)(C)C)cc1Nc1nc(-c2ccc(-n3cnc(C)c3)c(OC)c2)cs1.COc1cc(C(=O)CBr)ccc1-n1cnc(C)c1. The van der Waals surface area contributed by atoms with Gasteiger partial charge in [0.1, 0.15) is 17.3 Å². The topological polar surface area (TPSA) is 178 Å². The summed E-state index contributed by atoms with van der Waals surface area (Å²) in [6.45, 7) is 24.6. The molecule has 0 aliphatic heterocycles. The molecule has 0 aliphatic carbocycles. The summed E-state index contributed by atoms with van der Waals surface area (Å²) in [7, 11) is 3.27. The number of aromatic nitrogens is 9. The molecule has 0 spiro atoms. The Morgan fingerprint density at radius 3 is 1.81 bits per heavy atom. The van der Waals surface area contributed by atoms with Crippen molar-refractivity contribution in [1.82, 2.24) is 43.6 Å². The van der Waals surface area contributed by atoms with Gasteiger partial charge < -0.3 is 34.8 Å². The molecule has 7 aromatic rings. The van der Waals surface area contributed by atoms with Crippen molar-refractivity contribution in [2.45, 2.75) is 114 Å². The fraction of sp³-hybridized carbons (Fsp3) is 0.420. The highest BCUT2D eigenvalue weighted by Crippen LogP contribution is 2.34. The molecule has 68 heavy (non-hydrogen) atoms. The number of alkyl halides is 1. The van der Waals surface area contributed by atoms with Gasteiger partial charge in [-0.2, -0.15) is 10.2 Å². The predicted molar refractivity (Wildman–Crippen MR) is 285 cm³/mol. The highest BCUT2D eigenvalue weighted by atomic mass is 79.9. The van der Waals surface area contributed by atoms with Gasteiger partial charge in [-0.05, 0) is 71.0 Å². The van der Waals surface area contributed by atoms with Crippen LogP contribution in [0.2, 0.25) is 0 Å². The van der Waals surface area contributed by atoms with E-state index in [-0.39, 0.29) is 30.6 Å². The lowest BCUT2D eigenvalue weighted by Gasteiger charge is -2.14. The molecule has 368 valence electrons. The van der Waals surface area contributed by atoms with Crippen molar-refractivity contribution in [3.8, 4) is 34.1 Å². The Labute approximate surface area is 420 Å². The van der Waals surface area contributed by atoms with Crippen LogP contribution in [0.4, 0.5) is 10.9 Å². The van der Waals surface area contributed by atoms with E-state index in [0.717, 1.165) is 80.9 Å². The van der Waals surface area contributed by atoms with Crippen molar-refractivity contribution >= 4 is 61.2 Å². The average molecular weight is 1030 g/mol. The molecule has 0 aliphatic rings. The summed E-state index contributed by atoms with van der Waals surface area (Å²) in [5.74, 6) is 2.41. The number of aryl methyl sites for hydroxylation is 4. The van der Waals surface area contributed by atoms with Crippen molar-refractivity contribution in [2.24, 2.45) is 5.73 Å². The van der Waals surface area contributed by atoms with E-state index in [0.29, 0.717) is 28.1 Å². The Morgan fingerprint density at radius 1 is 0.824 bits per heavy atom. The summed E-state index contributed by atoms with van der Waals surface area (Å²) in [5.41, 5.74) is 15.1. The lowest BCUT2D eigenvalue weighted by atomic mass is 9.92. The Balaban J connectivity index is 0.000000282. The molecule has 0 saturated carbocycles. The average Bonchev–Trinajstić information content (AvgIpc) is 4.15. The van der Waals surface area contributed by atoms with Gasteiger partial charge >= 0.3 is 0 Å². The second kappa shape index (κ2) is 25.6. The van der Waals surface area contributed by atoms with Gasteiger partial charge in [-0.3, -0.25) is 9.48 Å². The van der Waals surface area contributed by atoms with Crippen LogP contribution in [0, 0.1) is 13.8 Å². The summed E-state index contributed by atoms with van der Waals surface area (Å²) in [6.07, 6.45) is 8.03. The first-order chi connectivity index (χ1) is 31.7. The number of nitrogens with zero attached hydrogens (tertiary/aromatic N) is 9. The molecule has 0 saturated heterocycles. The van der Waals surface area contributed by atoms with Crippen LogP contribution >= 0.6 is 39.5 Å². The number of aliphatic hydroxyl groups is 1. The number of carbonyl (C=O) groups is 1. The third-order valence-electron chi connectivity index (χ3n) is 9.95. The van der Waals surface area contributed by atoms with E-state index in [9.17, 15) is 4.79 Å². The molecule has 4 N–H and O–H groups in total. The largest absolute Gasteiger partial charge is 0.495 e. The van der Waals surface area contributed by atoms with Gasteiger partial charge in [0, 0.05) is 77.6 Å². The molecule has 0 fully saturated rings. The number of aliphatic hydroxyl groups excluding tert-OH is 1. The number of halogens is 1. The van der Waals surface area contributed by atoms with E-state index >= 15 is 0 Å². The number of thiazole rings is 1. The second-order valence-corrected chi connectivity index (χ2v) is 19.3. The number of ketones is 1. The fourth-order valence-electron chi connectivity index (χ4n) is 6.41. The third kappa shape index (κ3) is 15.4. The maximum Gasteiger partial charge on any atom is 0.188 e. The van der Waals surface area contributed by atoms with Crippen LogP contribution in [-0.2, 0) is 30.3 Å². The first-order valence-electron chi connectivity index (χ1n) is 21.9. The summed E-state index contributed by atoms with van der Waals surface area (Å²) in [6, 6.07) is 15.7. The molecule has 0 atom stereocenters. The van der Waals surface area contributed by atoms with Gasteiger partial charge in [-0.25, -0.2) is 19.6 Å². The Morgan fingerprint density at radius 2 is 1.34 bits per heavy atom. The maximum absolute atomic E-state index is 11.6. The van der Waals surface area contributed by atoms with Gasteiger partial charge in [-0.1, -0.05) is 83.2 Å². The number of hydrogen-bond donors (Lipinski definition) is 3. The number of carbonyl (C=O) groups excluding carboxylic acids is 1. The summed E-state index contributed by atoms with van der Waals surface area (Å²) >= 11 is 9.66. The standard InChI is InChI=1S/C23H28N6OS.C13H13BrN2O2.C11H19N3S.C2H6O.CH4/c1-7-29-21(11-20(27-29)23(3,4)5)26-22-25-17(13-31-22)16-8-9-18(19(10-16)30-6)28-12-15(2)24-14-28;1-9-7-16(8-15-9)11-4-3-10(12(17)6-14)5-13(11)18-2;1-5-14-8(7-10(12)15)6-9(13-14)11(2,3)4;1-2-3;/h8-14H,7H2,1-6H3,(H,25,26);3-5,7-8H,6H2,1-2H3;6H,5,7H2,1-4H3,(H2,12,15);3H,2H2,1H3;1H4. The number of thiocarbonyl (C=S) groups is 1. The molecule has 18 heteroatoms. The van der Waals surface area contributed by atoms with Crippen LogP contribution in [0.3, 0.4) is 0 Å². The first kappa shape index (κ1) is 56.6. The van der Waals surface area contributed by atoms with E-state index in [4.69, 9.17) is 42.6 Å².